The van der Waals surface area contributed by atoms with Crippen molar-refractivity contribution >= 4 is 17.8 Å². The summed E-state index contributed by atoms with van der Waals surface area (Å²) in [5.74, 6) is -2.21. The molecule has 6 heteroatoms. The fourth-order valence-electron chi connectivity index (χ4n) is 2.03. The number of carbonyl (C=O) groups excluding carboxylic acids is 2. The molecule has 114 valence electrons. The number of ether oxygens (including phenoxy) is 1. The van der Waals surface area contributed by atoms with Crippen LogP contribution in [0.25, 0.3) is 0 Å². The maximum absolute atomic E-state index is 12.4. The van der Waals surface area contributed by atoms with Crippen molar-refractivity contribution < 1.29 is 24.2 Å². The molecule has 0 aromatic heterocycles. The van der Waals surface area contributed by atoms with Crippen LogP contribution in [0.2, 0.25) is 0 Å². The number of nitrogens with zero attached hydrogens (tertiary/aromatic N) is 1. The van der Waals surface area contributed by atoms with Crippen LogP contribution < -0.4 is 0 Å². The molecule has 0 radical (unpaired) electrons. The molecule has 0 bridgehead atoms. The van der Waals surface area contributed by atoms with E-state index in [1.807, 2.05) is 0 Å². The maximum Gasteiger partial charge on any atom is 0.336 e. The first-order valence-corrected chi connectivity index (χ1v) is 6.54. The summed E-state index contributed by atoms with van der Waals surface area (Å²) in [5.41, 5.74) is 1.13. The second-order valence-electron chi connectivity index (χ2n) is 4.72. The Morgan fingerprint density at radius 3 is 2.14 bits per heavy atom. The van der Waals surface area contributed by atoms with Gasteiger partial charge in [0, 0.05) is 7.05 Å². The van der Waals surface area contributed by atoms with E-state index in [-0.39, 0.29) is 24.3 Å². The molecule has 0 fully saturated rings. The van der Waals surface area contributed by atoms with Crippen molar-refractivity contribution in [1.82, 2.24) is 4.90 Å². The first-order chi connectivity index (χ1) is 9.79. The lowest BCUT2D eigenvalue weighted by molar-refractivity contribution is -0.143. The lowest BCUT2D eigenvalue weighted by Gasteiger charge is -2.19. The number of hydrogen-bond donors (Lipinski definition) is 1. The normalized spacial score (nSPS) is 10.1. The van der Waals surface area contributed by atoms with E-state index in [0.29, 0.717) is 11.1 Å². The molecule has 1 N–H and O–H groups in total. The number of aryl methyl sites for hydroxylation is 2. The van der Waals surface area contributed by atoms with Gasteiger partial charge >= 0.3 is 11.9 Å². The average Bonchev–Trinajstić information content (AvgIpc) is 2.39. The van der Waals surface area contributed by atoms with Gasteiger partial charge in [-0.2, -0.15) is 0 Å². The topological polar surface area (TPSA) is 83.9 Å². The largest absolute Gasteiger partial charge is 0.478 e. The van der Waals surface area contributed by atoms with Crippen molar-refractivity contribution in [3.8, 4) is 0 Å². The Bertz CT molecular complexity index is 580. The van der Waals surface area contributed by atoms with Crippen LogP contribution in [0, 0.1) is 13.8 Å². The van der Waals surface area contributed by atoms with Crippen molar-refractivity contribution in [2.24, 2.45) is 0 Å². The molecule has 0 saturated heterocycles. The third-order valence-corrected chi connectivity index (χ3v) is 3.07. The van der Waals surface area contributed by atoms with Crippen molar-refractivity contribution in [3.05, 3.63) is 34.4 Å². The molecule has 0 aliphatic carbocycles. The number of carbonyl (C=O) groups is 3. The van der Waals surface area contributed by atoms with Gasteiger partial charge in [-0.25, -0.2) is 4.79 Å². The summed E-state index contributed by atoms with van der Waals surface area (Å²) in [7, 11) is 1.44. The lowest BCUT2D eigenvalue weighted by Crippen LogP contribution is -2.34. The van der Waals surface area contributed by atoms with Crippen LogP contribution in [0.5, 0.6) is 0 Å². The number of benzene rings is 1. The summed E-state index contributed by atoms with van der Waals surface area (Å²) >= 11 is 0. The minimum absolute atomic E-state index is 0.0318. The summed E-state index contributed by atoms with van der Waals surface area (Å²) in [6, 6.07) is 3.34. The Morgan fingerprint density at radius 1 is 1.14 bits per heavy atom. The second-order valence-corrected chi connectivity index (χ2v) is 4.72. The van der Waals surface area contributed by atoms with Crippen LogP contribution >= 0.6 is 0 Å². The Hall–Kier alpha value is -2.37. The van der Waals surface area contributed by atoms with Gasteiger partial charge in [0.1, 0.15) is 6.54 Å². The van der Waals surface area contributed by atoms with E-state index in [0.717, 1.165) is 4.90 Å². The van der Waals surface area contributed by atoms with Crippen LogP contribution in [0.4, 0.5) is 0 Å². The van der Waals surface area contributed by atoms with E-state index >= 15 is 0 Å². The van der Waals surface area contributed by atoms with Gasteiger partial charge in [0.2, 0.25) is 0 Å². The quantitative estimate of drug-likeness (QED) is 0.834. The number of carboxylic acid groups (broad SMARTS) is 1. The van der Waals surface area contributed by atoms with Crippen LogP contribution in [0.3, 0.4) is 0 Å². The molecule has 6 nitrogen and oxygen atoms in total. The third kappa shape index (κ3) is 3.81. The Morgan fingerprint density at radius 2 is 1.67 bits per heavy atom. The standard InChI is InChI=1S/C15H19NO5/c1-5-21-11(17)8-16(4)14(18)12-9(2)6-7-10(3)13(12)15(19)20/h6-7H,5,8H2,1-4H3,(H,19,20). The van der Waals surface area contributed by atoms with Gasteiger partial charge in [-0.1, -0.05) is 12.1 Å². The van der Waals surface area contributed by atoms with Crippen molar-refractivity contribution in [2.45, 2.75) is 20.8 Å². The van der Waals surface area contributed by atoms with Crippen LogP contribution in [0.15, 0.2) is 12.1 Å². The minimum Gasteiger partial charge on any atom is -0.478 e. The molecular weight excluding hydrogens is 274 g/mol. The summed E-state index contributed by atoms with van der Waals surface area (Å²) in [6.45, 7) is 4.97. The Kier molecular flexibility index (Phi) is 5.46. The zero-order valence-electron chi connectivity index (χ0n) is 12.6. The number of esters is 1. The van der Waals surface area contributed by atoms with E-state index in [9.17, 15) is 19.5 Å². The molecule has 0 unspecified atom stereocenters. The van der Waals surface area contributed by atoms with Gasteiger partial charge in [-0.05, 0) is 31.9 Å². The molecule has 0 aliphatic rings. The van der Waals surface area contributed by atoms with E-state index in [1.165, 1.54) is 7.05 Å². The van der Waals surface area contributed by atoms with Gasteiger partial charge < -0.3 is 14.7 Å². The molecule has 1 aromatic rings. The molecule has 0 aliphatic heterocycles. The molecule has 21 heavy (non-hydrogen) atoms. The smallest absolute Gasteiger partial charge is 0.336 e. The number of hydrogen-bond acceptors (Lipinski definition) is 4. The van der Waals surface area contributed by atoms with Gasteiger partial charge in [0.25, 0.3) is 5.91 Å². The Balaban J connectivity index is 3.15. The molecule has 0 spiro atoms. The fourth-order valence-corrected chi connectivity index (χ4v) is 2.03. The van der Waals surface area contributed by atoms with Crippen molar-refractivity contribution in [2.75, 3.05) is 20.2 Å². The molecule has 0 atom stereocenters. The van der Waals surface area contributed by atoms with E-state index in [1.54, 1.807) is 32.9 Å². The highest BCUT2D eigenvalue weighted by Crippen LogP contribution is 2.20. The van der Waals surface area contributed by atoms with E-state index in [4.69, 9.17) is 4.74 Å². The number of carboxylic acids is 1. The average molecular weight is 293 g/mol. The summed E-state index contributed by atoms with van der Waals surface area (Å²) in [6.07, 6.45) is 0. The highest BCUT2D eigenvalue weighted by atomic mass is 16.5. The fraction of sp³-hybridized carbons (Fsp3) is 0.400. The summed E-state index contributed by atoms with van der Waals surface area (Å²) < 4.78 is 4.78. The van der Waals surface area contributed by atoms with Gasteiger partial charge in [0.05, 0.1) is 17.7 Å². The second kappa shape index (κ2) is 6.88. The summed E-state index contributed by atoms with van der Waals surface area (Å²) in [5, 5.41) is 9.31. The highest BCUT2D eigenvalue weighted by Gasteiger charge is 2.24. The van der Waals surface area contributed by atoms with E-state index in [2.05, 4.69) is 0 Å². The maximum atomic E-state index is 12.4. The van der Waals surface area contributed by atoms with Crippen LogP contribution in [0.1, 0.15) is 38.8 Å². The molecule has 1 amide bonds. The van der Waals surface area contributed by atoms with Crippen LogP contribution in [-0.4, -0.2) is 48.1 Å². The number of rotatable bonds is 5. The predicted octanol–water partition coefficient (Wildman–Crippen LogP) is 1.64. The monoisotopic (exact) mass is 293 g/mol. The predicted molar refractivity (Wildman–Crippen MR) is 76.5 cm³/mol. The first kappa shape index (κ1) is 16.7. The number of amides is 1. The summed E-state index contributed by atoms with van der Waals surface area (Å²) in [4.78, 5) is 36.4. The molecular formula is C15H19NO5. The molecule has 0 saturated carbocycles. The van der Waals surface area contributed by atoms with Crippen molar-refractivity contribution in [1.29, 1.82) is 0 Å². The first-order valence-electron chi connectivity index (χ1n) is 6.54. The minimum atomic E-state index is -1.16. The molecule has 0 heterocycles. The molecule has 1 rings (SSSR count). The van der Waals surface area contributed by atoms with Gasteiger partial charge in [-0.3, -0.25) is 9.59 Å². The van der Waals surface area contributed by atoms with Gasteiger partial charge in [0.15, 0.2) is 0 Å². The highest BCUT2D eigenvalue weighted by molar-refractivity contribution is 6.07. The number of aromatic carboxylic acids is 1. The lowest BCUT2D eigenvalue weighted by atomic mass is 9.96. The van der Waals surface area contributed by atoms with E-state index < -0.39 is 17.8 Å². The third-order valence-electron chi connectivity index (χ3n) is 3.07. The van der Waals surface area contributed by atoms with Gasteiger partial charge in [-0.15, -0.1) is 0 Å². The zero-order chi connectivity index (χ0) is 16.2. The zero-order valence-corrected chi connectivity index (χ0v) is 12.6. The van der Waals surface area contributed by atoms with Crippen LogP contribution in [-0.2, 0) is 9.53 Å². The SMILES string of the molecule is CCOC(=O)CN(C)C(=O)c1c(C)ccc(C)c1C(=O)O. The van der Waals surface area contributed by atoms with Crippen molar-refractivity contribution in [3.63, 3.8) is 0 Å². The Labute approximate surface area is 123 Å². The number of likely N-dealkylation sites (N-methyl/N-ethyl adjacent to an activating group) is 1. The molecule has 1 aromatic carbocycles.